The van der Waals surface area contributed by atoms with E-state index in [0.717, 1.165) is 12.8 Å². The van der Waals surface area contributed by atoms with Crippen LogP contribution in [0.1, 0.15) is 40.0 Å². The summed E-state index contributed by atoms with van der Waals surface area (Å²) in [5.41, 5.74) is -0.534. The van der Waals surface area contributed by atoms with Crippen molar-refractivity contribution in [2.24, 2.45) is 0 Å². The van der Waals surface area contributed by atoms with Gasteiger partial charge in [0.2, 0.25) is 0 Å². The maximum Gasteiger partial charge on any atom is 0.410 e. The van der Waals surface area contributed by atoms with Crippen LogP contribution in [0.5, 0.6) is 0 Å². The summed E-state index contributed by atoms with van der Waals surface area (Å²) in [6.07, 6.45) is 1.18. The molecule has 0 aromatic carbocycles. The average molecular weight is 263 g/mol. The Kier molecular flexibility index (Phi) is 5.81. The third-order valence-corrected chi connectivity index (χ3v) is 2.42. The van der Waals surface area contributed by atoms with Crippen molar-refractivity contribution in [1.82, 2.24) is 4.90 Å². The molecule has 0 saturated carbocycles. The highest BCUT2D eigenvalue weighted by Gasteiger charge is 2.33. The standard InChI is InChI=1S/C11H19NO4.H2S/c1-11(2,3)16-10(15)12-6-4-5-8(12)7-9(13)14;/h8H,4-7H2,1-3H3,(H,13,14);1H2/t8-;/m0./s1. The van der Waals surface area contributed by atoms with Gasteiger partial charge < -0.3 is 14.7 Å². The van der Waals surface area contributed by atoms with Gasteiger partial charge in [0.25, 0.3) is 0 Å². The molecule has 1 heterocycles. The minimum atomic E-state index is -0.875. The normalized spacial score (nSPS) is 19.7. The summed E-state index contributed by atoms with van der Waals surface area (Å²) in [6.45, 7) is 5.99. The van der Waals surface area contributed by atoms with Gasteiger partial charge in [0.1, 0.15) is 5.60 Å². The smallest absolute Gasteiger partial charge is 0.410 e. The Bertz CT molecular complexity index is 288. The van der Waals surface area contributed by atoms with Crippen LogP contribution < -0.4 is 0 Å². The van der Waals surface area contributed by atoms with Crippen LogP contribution in [0.25, 0.3) is 0 Å². The second-order valence-electron chi connectivity index (χ2n) is 5.07. The molecule has 1 N–H and O–H groups in total. The van der Waals surface area contributed by atoms with Crippen LogP contribution in [0.3, 0.4) is 0 Å². The minimum absolute atomic E-state index is 0. The summed E-state index contributed by atoms with van der Waals surface area (Å²) in [4.78, 5) is 23.9. The second-order valence-corrected chi connectivity index (χ2v) is 5.07. The summed E-state index contributed by atoms with van der Waals surface area (Å²) in [5.74, 6) is -0.875. The summed E-state index contributed by atoms with van der Waals surface area (Å²) in [6, 6.07) is -0.215. The molecule has 0 aromatic rings. The molecule has 0 spiro atoms. The predicted octanol–water partition coefficient (Wildman–Crippen LogP) is 1.97. The van der Waals surface area contributed by atoms with Crippen LogP contribution in [-0.2, 0) is 9.53 Å². The van der Waals surface area contributed by atoms with Crippen molar-refractivity contribution in [1.29, 1.82) is 0 Å². The fourth-order valence-electron chi connectivity index (χ4n) is 1.81. The molecular formula is C11H21NO4S. The van der Waals surface area contributed by atoms with Gasteiger partial charge in [-0.2, -0.15) is 13.5 Å². The van der Waals surface area contributed by atoms with Crippen molar-refractivity contribution in [3.8, 4) is 0 Å². The molecule has 1 fully saturated rings. The molecule has 1 aliphatic rings. The largest absolute Gasteiger partial charge is 0.481 e. The van der Waals surface area contributed by atoms with Crippen molar-refractivity contribution in [3.63, 3.8) is 0 Å². The van der Waals surface area contributed by atoms with Gasteiger partial charge in [-0.15, -0.1) is 0 Å². The molecule has 1 saturated heterocycles. The van der Waals surface area contributed by atoms with Gasteiger partial charge in [-0.3, -0.25) is 4.79 Å². The molecular weight excluding hydrogens is 242 g/mol. The quantitative estimate of drug-likeness (QED) is 0.827. The number of carbonyl (C=O) groups excluding carboxylic acids is 1. The summed E-state index contributed by atoms with van der Waals surface area (Å²) in [7, 11) is 0. The van der Waals surface area contributed by atoms with Gasteiger partial charge in [-0.25, -0.2) is 4.79 Å². The zero-order chi connectivity index (χ0) is 12.3. The number of aliphatic carboxylic acids is 1. The zero-order valence-electron chi connectivity index (χ0n) is 10.5. The fourth-order valence-corrected chi connectivity index (χ4v) is 1.81. The minimum Gasteiger partial charge on any atom is -0.481 e. The number of rotatable bonds is 2. The monoisotopic (exact) mass is 263 g/mol. The van der Waals surface area contributed by atoms with Gasteiger partial charge in [0.15, 0.2) is 0 Å². The molecule has 5 nitrogen and oxygen atoms in total. The number of carboxylic acids is 1. The zero-order valence-corrected chi connectivity index (χ0v) is 11.5. The molecule has 1 rings (SSSR count). The molecule has 0 bridgehead atoms. The first-order valence-corrected chi connectivity index (χ1v) is 5.51. The molecule has 0 aliphatic carbocycles. The van der Waals surface area contributed by atoms with Gasteiger partial charge in [-0.05, 0) is 33.6 Å². The molecule has 0 radical (unpaired) electrons. The van der Waals surface area contributed by atoms with Crippen LogP contribution in [0.4, 0.5) is 4.79 Å². The number of hydrogen-bond acceptors (Lipinski definition) is 3. The Hall–Kier alpha value is -0.910. The van der Waals surface area contributed by atoms with Gasteiger partial charge in [-0.1, -0.05) is 0 Å². The Balaban J connectivity index is 0.00000256. The van der Waals surface area contributed by atoms with E-state index >= 15 is 0 Å². The van der Waals surface area contributed by atoms with E-state index in [1.165, 1.54) is 4.90 Å². The summed E-state index contributed by atoms with van der Waals surface area (Å²) in [5, 5.41) is 8.73. The topological polar surface area (TPSA) is 66.8 Å². The lowest BCUT2D eigenvalue weighted by Crippen LogP contribution is -2.40. The third-order valence-electron chi connectivity index (χ3n) is 2.42. The molecule has 1 atom stereocenters. The van der Waals surface area contributed by atoms with Crippen LogP contribution in [-0.4, -0.2) is 40.3 Å². The van der Waals surface area contributed by atoms with Gasteiger partial charge in [0, 0.05) is 12.6 Å². The van der Waals surface area contributed by atoms with E-state index in [1.807, 2.05) is 0 Å². The molecule has 17 heavy (non-hydrogen) atoms. The molecule has 0 unspecified atom stereocenters. The van der Waals surface area contributed by atoms with Crippen molar-refractivity contribution < 1.29 is 19.4 Å². The van der Waals surface area contributed by atoms with E-state index in [0.29, 0.717) is 6.54 Å². The van der Waals surface area contributed by atoms with Crippen molar-refractivity contribution in [3.05, 3.63) is 0 Å². The highest BCUT2D eigenvalue weighted by Crippen LogP contribution is 2.22. The van der Waals surface area contributed by atoms with E-state index in [-0.39, 0.29) is 26.0 Å². The molecule has 1 aliphatic heterocycles. The molecule has 100 valence electrons. The highest BCUT2D eigenvalue weighted by molar-refractivity contribution is 7.59. The highest BCUT2D eigenvalue weighted by atomic mass is 32.1. The second kappa shape index (κ2) is 6.14. The number of likely N-dealkylation sites (tertiary alicyclic amines) is 1. The van der Waals surface area contributed by atoms with Crippen molar-refractivity contribution in [2.75, 3.05) is 6.54 Å². The van der Waals surface area contributed by atoms with E-state index in [4.69, 9.17) is 9.84 Å². The Morgan fingerprint density at radius 1 is 1.41 bits per heavy atom. The van der Waals surface area contributed by atoms with E-state index in [1.54, 1.807) is 20.8 Å². The number of carboxylic acid groups (broad SMARTS) is 1. The Labute approximate surface area is 109 Å². The SMILES string of the molecule is CC(C)(C)OC(=O)N1CCC[C@H]1CC(=O)O.S. The van der Waals surface area contributed by atoms with E-state index in [2.05, 4.69) is 0 Å². The van der Waals surface area contributed by atoms with Gasteiger partial charge in [0.05, 0.1) is 6.42 Å². The van der Waals surface area contributed by atoms with Crippen LogP contribution in [0.2, 0.25) is 0 Å². The van der Waals surface area contributed by atoms with Crippen LogP contribution >= 0.6 is 13.5 Å². The molecule has 6 heteroatoms. The third kappa shape index (κ3) is 5.30. The number of hydrogen-bond donors (Lipinski definition) is 1. The summed E-state index contributed by atoms with van der Waals surface area (Å²) >= 11 is 0. The lowest BCUT2D eigenvalue weighted by atomic mass is 10.1. The molecule has 0 aromatic heterocycles. The number of carbonyl (C=O) groups is 2. The number of nitrogens with zero attached hydrogens (tertiary/aromatic N) is 1. The predicted molar refractivity (Wildman–Crippen MR) is 68.6 cm³/mol. The van der Waals surface area contributed by atoms with Crippen molar-refractivity contribution >= 4 is 25.6 Å². The Morgan fingerprint density at radius 2 is 2.00 bits per heavy atom. The lowest BCUT2D eigenvalue weighted by molar-refractivity contribution is -0.138. The molecule has 1 amide bonds. The number of ether oxygens (including phenoxy) is 1. The Morgan fingerprint density at radius 3 is 2.47 bits per heavy atom. The van der Waals surface area contributed by atoms with Gasteiger partial charge >= 0.3 is 12.1 Å². The van der Waals surface area contributed by atoms with Crippen LogP contribution in [0, 0.1) is 0 Å². The summed E-state index contributed by atoms with van der Waals surface area (Å²) < 4.78 is 5.23. The maximum atomic E-state index is 11.8. The lowest BCUT2D eigenvalue weighted by Gasteiger charge is -2.27. The van der Waals surface area contributed by atoms with E-state index < -0.39 is 17.7 Å². The van der Waals surface area contributed by atoms with Crippen LogP contribution in [0.15, 0.2) is 0 Å². The number of amides is 1. The first-order valence-electron chi connectivity index (χ1n) is 5.51. The average Bonchev–Trinajstić information content (AvgIpc) is 2.47. The first kappa shape index (κ1) is 16.1. The maximum absolute atomic E-state index is 11.8. The van der Waals surface area contributed by atoms with Crippen molar-refractivity contribution in [2.45, 2.75) is 51.7 Å². The fraction of sp³-hybridized carbons (Fsp3) is 0.818. The van der Waals surface area contributed by atoms with E-state index in [9.17, 15) is 9.59 Å². The first-order chi connectivity index (χ1) is 7.29.